The van der Waals surface area contributed by atoms with E-state index in [1.54, 1.807) is 54.7 Å². The first-order valence-electron chi connectivity index (χ1n) is 8.46. The molecule has 0 radical (unpaired) electrons. The molecule has 0 N–H and O–H groups in total. The number of hydrogen-bond donors (Lipinski definition) is 0. The molecule has 2 aromatic heterocycles. The minimum Gasteiger partial charge on any atom is -0.291 e. The van der Waals surface area contributed by atoms with Crippen molar-refractivity contribution in [3.63, 3.8) is 0 Å². The van der Waals surface area contributed by atoms with Crippen LogP contribution in [0.15, 0.2) is 70.0 Å². The van der Waals surface area contributed by atoms with Gasteiger partial charge in [-0.25, -0.2) is 8.42 Å². The second kappa shape index (κ2) is 9.23. The van der Waals surface area contributed by atoms with E-state index in [1.165, 1.54) is 17.5 Å². The summed E-state index contributed by atoms with van der Waals surface area (Å²) < 4.78 is 24.5. The highest BCUT2D eigenvalue weighted by Crippen LogP contribution is 2.21. The smallest absolute Gasteiger partial charge is 0.204 e. The SMILES string of the molecule is O=C(c1cccs1)c1cc(Cl)cnc1CN=CCCS(=O)(=O)c1ccccc1. The number of halogens is 1. The Balaban J connectivity index is 1.65. The van der Waals surface area contributed by atoms with E-state index < -0.39 is 9.84 Å². The number of hydrogen-bond acceptors (Lipinski definition) is 6. The molecule has 28 heavy (non-hydrogen) atoms. The van der Waals surface area contributed by atoms with Gasteiger partial charge in [0.15, 0.2) is 9.84 Å². The van der Waals surface area contributed by atoms with Crippen molar-refractivity contribution >= 4 is 44.8 Å². The molecule has 0 aliphatic rings. The summed E-state index contributed by atoms with van der Waals surface area (Å²) in [5, 5.41) is 2.21. The van der Waals surface area contributed by atoms with E-state index in [0.717, 1.165) is 0 Å². The van der Waals surface area contributed by atoms with Crippen molar-refractivity contribution in [2.75, 3.05) is 5.75 Å². The second-order valence-corrected chi connectivity index (χ2v) is 9.39. The topological polar surface area (TPSA) is 76.5 Å². The predicted octanol–water partition coefficient (Wildman–Crippen LogP) is 4.46. The van der Waals surface area contributed by atoms with Crippen molar-refractivity contribution in [1.82, 2.24) is 4.98 Å². The molecule has 0 aliphatic carbocycles. The van der Waals surface area contributed by atoms with Crippen LogP contribution in [0.2, 0.25) is 5.02 Å². The van der Waals surface area contributed by atoms with Gasteiger partial charge < -0.3 is 0 Å². The van der Waals surface area contributed by atoms with Crippen LogP contribution in [0.25, 0.3) is 0 Å². The largest absolute Gasteiger partial charge is 0.291 e. The molecule has 1 aromatic carbocycles. The van der Waals surface area contributed by atoms with Gasteiger partial charge in [0.05, 0.1) is 32.8 Å². The average Bonchev–Trinajstić information content (AvgIpc) is 3.23. The number of benzene rings is 1. The molecule has 8 heteroatoms. The zero-order chi connectivity index (χ0) is 20.0. The van der Waals surface area contributed by atoms with E-state index in [1.807, 2.05) is 5.38 Å². The maximum absolute atomic E-state index is 12.6. The Morgan fingerprint density at radius 2 is 1.96 bits per heavy atom. The molecule has 0 saturated heterocycles. The Hall–Kier alpha value is -2.35. The molecular formula is C20H17ClN2O3S2. The average molecular weight is 433 g/mol. The summed E-state index contributed by atoms with van der Waals surface area (Å²) in [6.07, 6.45) is 3.30. The molecule has 0 aliphatic heterocycles. The normalized spacial score (nSPS) is 11.8. The molecule has 5 nitrogen and oxygen atoms in total. The lowest BCUT2D eigenvalue weighted by atomic mass is 10.1. The minimum absolute atomic E-state index is 0.0322. The maximum Gasteiger partial charge on any atom is 0.204 e. The number of pyridine rings is 1. The first-order valence-corrected chi connectivity index (χ1v) is 11.4. The molecule has 3 aromatic rings. The highest BCUT2D eigenvalue weighted by Gasteiger charge is 2.16. The van der Waals surface area contributed by atoms with Crippen LogP contribution in [0.1, 0.15) is 27.3 Å². The van der Waals surface area contributed by atoms with Crippen molar-refractivity contribution in [2.45, 2.75) is 17.9 Å². The summed E-state index contributed by atoms with van der Waals surface area (Å²) >= 11 is 7.35. The Bertz CT molecular complexity index is 1080. The van der Waals surface area contributed by atoms with Crippen molar-refractivity contribution in [3.05, 3.63) is 81.3 Å². The monoisotopic (exact) mass is 432 g/mol. The van der Waals surface area contributed by atoms with E-state index in [-0.39, 0.29) is 24.5 Å². The first-order chi connectivity index (χ1) is 13.5. The van der Waals surface area contributed by atoms with Crippen LogP contribution >= 0.6 is 22.9 Å². The van der Waals surface area contributed by atoms with Crippen LogP contribution in [-0.4, -0.2) is 31.2 Å². The molecular weight excluding hydrogens is 416 g/mol. The predicted molar refractivity (Wildman–Crippen MR) is 112 cm³/mol. The van der Waals surface area contributed by atoms with E-state index in [4.69, 9.17) is 11.6 Å². The number of carbonyl (C=O) groups excluding carboxylic acids is 1. The second-order valence-electron chi connectivity index (χ2n) is 5.90. The number of thiophene rings is 1. The van der Waals surface area contributed by atoms with Gasteiger partial charge in [-0.05, 0) is 36.1 Å². The molecule has 0 fully saturated rings. The number of rotatable bonds is 8. The number of nitrogens with zero attached hydrogens (tertiary/aromatic N) is 2. The summed E-state index contributed by atoms with van der Waals surface area (Å²) in [4.78, 5) is 22.0. The zero-order valence-electron chi connectivity index (χ0n) is 14.8. The van der Waals surface area contributed by atoms with Crippen LogP contribution in [-0.2, 0) is 16.4 Å². The lowest BCUT2D eigenvalue weighted by molar-refractivity contribution is 0.104. The highest BCUT2D eigenvalue weighted by molar-refractivity contribution is 7.91. The fourth-order valence-electron chi connectivity index (χ4n) is 2.53. The third-order valence-electron chi connectivity index (χ3n) is 3.91. The molecule has 3 rings (SSSR count). The fraction of sp³-hybridized carbons (Fsp3) is 0.150. The molecule has 144 valence electrons. The van der Waals surface area contributed by atoms with Crippen molar-refractivity contribution in [2.24, 2.45) is 4.99 Å². The Morgan fingerprint density at radius 3 is 2.68 bits per heavy atom. The van der Waals surface area contributed by atoms with Gasteiger partial charge in [-0.15, -0.1) is 11.3 Å². The number of ketones is 1. The maximum atomic E-state index is 12.6. The fourth-order valence-corrected chi connectivity index (χ4v) is 4.59. The summed E-state index contributed by atoms with van der Waals surface area (Å²) in [7, 11) is -3.34. The van der Waals surface area contributed by atoms with Gasteiger partial charge in [0.25, 0.3) is 0 Å². The van der Waals surface area contributed by atoms with Crippen LogP contribution in [0.4, 0.5) is 0 Å². The van der Waals surface area contributed by atoms with Gasteiger partial charge in [0.1, 0.15) is 0 Å². The van der Waals surface area contributed by atoms with Crippen molar-refractivity contribution < 1.29 is 13.2 Å². The van der Waals surface area contributed by atoms with Gasteiger partial charge in [-0.3, -0.25) is 14.8 Å². The first kappa shape index (κ1) is 20.4. The van der Waals surface area contributed by atoms with E-state index in [0.29, 0.717) is 26.1 Å². The Kier molecular flexibility index (Phi) is 6.72. The van der Waals surface area contributed by atoms with Gasteiger partial charge in [-0.2, -0.15) is 0 Å². The van der Waals surface area contributed by atoms with E-state index in [9.17, 15) is 13.2 Å². The van der Waals surface area contributed by atoms with Crippen molar-refractivity contribution in [1.29, 1.82) is 0 Å². The Morgan fingerprint density at radius 1 is 1.18 bits per heavy atom. The number of aliphatic imine (C=N–C) groups is 1. The van der Waals surface area contributed by atoms with E-state index >= 15 is 0 Å². The van der Waals surface area contributed by atoms with Crippen LogP contribution in [0.3, 0.4) is 0 Å². The van der Waals surface area contributed by atoms with Gasteiger partial charge in [0.2, 0.25) is 5.78 Å². The summed E-state index contributed by atoms with van der Waals surface area (Å²) in [6, 6.07) is 13.4. The number of carbonyl (C=O) groups is 1. The molecule has 0 spiro atoms. The third kappa shape index (κ3) is 5.13. The summed E-state index contributed by atoms with van der Waals surface area (Å²) in [6.45, 7) is 0.176. The van der Waals surface area contributed by atoms with E-state index in [2.05, 4.69) is 9.98 Å². The van der Waals surface area contributed by atoms with Crippen LogP contribution < -0.4 is 0 Å². The minimum atomic E-state index is -3.34. The van der Waals surface area contributed by atoms with Gasteiger partial charge in [0, 0.05) is 18.0 Å². The summed E-state index contributed by atoms with van der Waals surface area (Å²) in [5.74, 6) is -0.183. The zero-order valence-corrected chi connectivity index (χ0v) is 17.2. The lowest BCUT2D eigenvalue weighted by Gasteiger charge is -2.05. The molecule has 0 bridgehead atoms. The lowest BCUT2D eigenvalue weighted by Crippen LogP contribution is -2.07. The molecule has 0 atom stereocenters. The molecule has 0 unspecified atom stereocenters. The van der Waals surface area contributed by atoms with Crippen molar-refractivity contribution in [3.8, 4) is 0 Å². The number of sulfone groups is 1. The summed E-state index contributed by atoms with van der Waals surface area (Å²) in [5.41, 5.74) is 0.911. The third-order valence-corrected chi connectivity index (χ3v) is 6.75. The Labute approximate surface area is 172 Å². The quantitative estimate of drug-likeness (QED) is 0.389. The van der Waals surface area contributed by atoms with Crippen LogP contribution in [0, 0.1) is 0 Å². The van der Waals surface area contributed by atoms with Gasteiger partial charge in [-0.1, -0.05) is 35.9 Å². The van der Waals surface area contributed by atoms with Gasteiger partial charge >= 0.3 is 0 Å². The standard InChI is InChI=1S/C20H17ClN2O3S2/c21-15-12-17(20(24)19-8-4-10-27-19)18(23-13-15)14-22-9-5-11-28(25,26)16-6-2-1-3-7-16/h1-4,6-10,12-13H,5,11,14H2. The molecule has 2 heterocycles. The highest BCUT2D eigenvalue weighted by atomic mass is 35.5. The molecule has 0 amide bonds. The number of aromatic nitrogens is 1. The van der Waals surface area contributed by atoms with Crippen LogP contribution in [0.5, 0.6) is 0 Å². The molecule has 0 saturated carbocycles.